The van der Waals surface area contributed by atoms with E-state index in [-0.39, 0.29) is 42.5 Å². The van der Waals surface area contributed by atoms with Gasteiger partial charge < -0.3 is 26.0 Å². The predicted octanol–water partition coefficient (Wildman–Crippen LogP) is 1.21. The lowest BCUT2D eigenvalue weighted by molar-refractivity contribution is -0.130. The molecule has 3 atom stereocenters. The number of hydrogen-bond donors (Lipinski definition) is 4. The molecule has 2 aliphatic heterocycles. The molecule has 1 fully saturated rings. The monoisotopic (exact) mass is 515 g/mol. The summed E-state index contributed by atoms with van der Waals surface area (Å²) in [7, 11) is 0. The highest BCUT2D eigenvalue weighted by Crippen LogP contribution is 2.19. The zero-order valence-electron chi connectivity index (χ0n) is 22.2. The predicted molar refractivity (Wildman–Crippen MR) is 140 cm³/mol. The summed E-state index contributed by atoms with van der Waals surface area (Å²) in [6.07, 6.45) is 2.72. The number of benzene rings is 1. The zero-order valence-corrected chi connectivity index (χ0v) is 22.2. The molecule has 1 aromatic rings. The fourth-order valence-electron chi connectivity index (χ4n) is 4.80. The van der Waals surface area contributed by atoms with Gasteiger partial charge in [0, 0.05) is 25.6 Å². The van der Waals surface area contributed by atoms with Crippen LogP contribution in [-0.4, -0.2) is 79.4 Å². The first-order valence-electron chi connectivity index (χ1n) is 13.4. The maximum atomic E-state index is 13.2. The lowest BCUT2D eigenvalue weighted by Gasteiger charge is -2.25. The van der Waals surface area contributed by atoms with Gasteiger partial charge in [0.2, 0.25) is 17.7 Å². The molecule has 37 heavy (non-hydrogen) atoms. The van der Waals surface area contributed by atoms with E-state index in [0.29, 0.717) is 37.4 Å². The molecule has 0 aromatic heterocycles. The molecular formula is C27H41N5O5. The standard InChI is InChI=1S/C27H41N5O5/c1-4-32-15-7-9-19(32)17-29-26(35)21-12-13-23(33)31-24(18(2)3)27(36)28-14-8-16-37-22-11-6-5-10-20(22)25(34)30-21/h5-6,10-11,18-19,21,24H,4,7-9,12-17H2,1-3H3,(H,28,36)(H,29,35)(H,30,34)(H,31,33)/t19-,21-,24+/m0/s1. The second-order valence-electron chi connectivity index (χ2n) is 10.0. The number of para-hydroxylation sites is 1. The molecule has 4 N–H and O–H groups in total. The molecule has 0 radical (unpaired) electrons. The summed E-state index contributed by atoms with van der Waals surface area (Å²) in [6.45, 7) is 8.92. The quantitative estimate of drug-likeness (QED) is 0.467. The van der Waals surface area contributed by atoms with E-state index >= 15 is 0 Å². The number of hydrogen-bond acceptors (Lipinski definition) is 6. The van der Waals surface area contributed by atoms with Crippen molar-refractivity contribution < 1.29 is 23.9 Å². The van der Waals surface area contributed by atoms with Gasteiger partial charge >= 0.3 is 0 Å². The van der Waals surface area contributed by atoms with Crippen LogP contribution in [0.15, 0.2) is 24.3 Å². The van der Waals surface area contributed by atoms with Crippen molar-refractivity contribution in [3.05, 3.63) is 29.8 Å². The van der Waals surface area contributed by atoms with Gasteiger partial charge in [0.15, 0.2) is 0 Å². The lowest BCUT2D eigenvalue weighted by atomic mass is 10.0. The van der Waals surface area contributed by atoms with Crippen LogP contribution in [0.5, 0.6) is 5.75 Å². The molecule has 0 spiro atoms. The van der Waals surface area contributed by atoms with Gasteiger partial charge in [-0.25, -0.2) is 0 Å². The van der Waals surface area contributed by atoms with Crippen molar-refractivity contribution in [3.8, 4) is 5.75 Å². The first kappa shape index (κ1) is 28.4. The first-order valence-corrected chi connectivity index (χ1v) is 13.4. The van der Waals surface area contributed by atoms with E-state index in [0.717, 1.165) is 25.9 Å². The Morgan fingerprint density at radius 1 is 1.14 bits per heavy atom. The van der Waals surface area contributed by atoms with E-state index < -0.39 is 18.0 Å². The second-order valence-corrected chi connectivity index (χ2v) is 10.0. The third kappa shape index (κ3) is 8.18. The van der Waals surface area contributed by atoms with Crippen LogP contribution < -0.4 is 26.0 Å². The summed E-state index contributed by atoms with van der Waals surface area (Å²) < 4.78 is 5.83. The number of ether oxygens (including phenoxy) is 1. The highest BCUT2D eigenvalue weighted by atomic mass is 16.5. The molecule has 1 aromatic carbocycles. The minimum atomic E-state index is -0.915. The summed E-state index contributed by atoms with van der Waals surface area (Å²) >= 11 is 0. The van der Waals surface area contributed by atoms with Crippen molar-refractivity contribution in [1.29, 1.82) is 0 Å². The number of carbonyl (C=O) groups is 4. The van der Waals surface area contributed by atoms with Gasteiger partial charge in [-0.3, -0.25) is 24.1 Å². The van der Waals surface area contributed by atoms with Crippen molar-refractivity contribution in [3.63, 3.8) is 0 Å². The maximum Gasteiger partial charge on any atom is 0.255 e. The second kappa shape index (κ2) is 14.0. The van der Waals surface area contributed by atoms with Crippen molar-refractivity contribution in [2.75, 3.05) is 32.8 Å². The van der Waals surface area contributed by atoms with Crippen LogP contribution in [-0.2, 0) is 14.4 Å². The van der Waals surface area contributed by atoms with Crippen LogP contribution in [0, 0.1) is 5.92 Å². The largest absolute Gasteiger partial charge is 0.493 e. The summed E-state index contributed by atoms with van der Waals surface area (Å²) in [5.74, 6) is -1.08. The van der Waals surface area contributed by atoms with Gasteiger partial charge in [0.05, 0.1) is 12.2 Å². The molecule has 2 aliphatic rings. The van der Waals surface area contributed by atoms with Crippen LogP contribution in [0.25, 0.3) is 0 Å². The fourth-order valence-corrected chi connectivity index (χ4v) is 4.80. The Morgan fingerprint density at radius 3 is 2.68 bits per heavy atom. The lowest BCUT2D eigenvalue weighted by Crippen LogP contribution is -2.52. The smallest absolute Gasteiger partial charge is 0.255 e. The highest BCUT2D eigenvalue weighted by molar-refractivity contribution is 5.99. The van der Waals surface area contributed by atoms with Crippen LogP contribution >= 0.6 is 0 Å². The number of nitrogens with one attached hydrogen (secondary N) is 4. The molecule has 204 valence electrons. The van der Waals surface area contributed by atoms with Crippen molar-refractivity contribution in [2.45, 2.75) is 71.0 Å². The molecule has 0 saturated carbocycles. The van der Waals surface area contributed by atoms with E-state index in [1.54, 1.807) is 24.3 Å². The fraction of sp³-hybridized carbons (Fsp3) is 0.630. The van der Waals surface area contributed by atoms with Gasteiger partial charge in [-0.2, -0.15) is 0 Å². The molecule has 0 unspecified atom stereocenters. The Balaban J connectivity index is 1.77. The van der Waals surface area contributed by atoms with Crippen molar-refractivity contribution in [2.24, 2.45) is 5.92 Å². The van der Waals surface area contributed by atoms with E-state index in [9.17, 15) is 19.2 Å². The molecule has 0 aliphatic carbocycles. The number of fused-ring (bicyclic) bond motifs is 1. The number of likely N-dealkylation sites (tertiary alicyclic amines) is 1. The van der Waals surface area contributed by atoms with E-state index in [1.165, 1.54) is 0 Å². The summed E-state index contributed by atoms with van der Waals surface area (Å²) in [5, 5.41) is 11.4. The minimum absolute atomic E-state index is 0.0163. The molecule has 3 rings (SSSR count). The number of likely N-dealkylation sites (N-methyl/N-ethyl adjacent to an activating group) is 1. The minimum Gasteiger partial charge on any atom is -0.493 e. The first-order chi connectivity index (χ1) is 17.8. The van der Waals surface area contributed by atoms with E-state index in [1.807, 2.05) is 13.8 Å². The summed E-state index contributed by atoms with van der Waals surface area (Å²) in [5.41, 5.74) is 0.314. The topological polar surface area (TPSA) is 129 Å². The normalized spacial score (nSPS) is 24.4. The Labute approximate surface area is 219 Å². The number of nitrogens with zero attached hydrogens (tertiary/aromatic N) is 1. The third-order valence-electron chi connectivity index (χ3n) is 6.97. The Morgan fingerprint density at radius 2 is 1.92 bits per heavy atom. The van der Waals surface area contributed by atoms with Crippen LogP contribution in [0.1, 0.15) is 63.2 Å². The maximum absolute atomic E-state index is 13.2. The van der Waals surface area contributed by atoms with Gasteiger partial charge in [0.25, 0.3) is 5.91 Å². The molecule has 2 heterocycles. The average Bonchev–Trinajstić information content (AvgIpc) is 3.35. The number of rotatable bonds is 5. The summed E-state index contributed by atoms with van der Waals surface area (Å²) in [4.78, 5) is 54.2. The molecular weight excluding hydrogens is 474 g/mol. The molecule has 10 heteroatoms. The van der Waals surface area contributed by atoms with Gasteiger partial charge in [-0.1, -0.05) is 32.9 Å². The molecule has 4 amide bonds. The Hall–Kier alpha value is -3.14. The Bertz CT molecular complexity index is 953. The summed E-state index contributed by atoms with van der Waals surface area (Å²) in [6, 6.07) is 5.51. The number of amides is 4. The van der Waals surface area contributed by atoms with E-state index in [4.69, 9.17) is 4.74 Å². The van der Waals surface area contributed by atoms with Gasteiger partial charge in [-0.15, -0.1) is 0 Å². The van der Waals surface area contributed by atoms with E-state index in [2.05, 4.69) is 33.1 Å². The highest BCUT2D eigenvalue weighted by Gasteiger charge is 2.29. The van der Waals surface area contributed by atoms with Crippen LogP contribution in [0.4, 0.5) is 0 Å². The van der Waals surface area contributed by atoms with Crippen molar-refractivity contribution >= 4 is 23.6 Å². The van der Waals surface area contributed by atoms with Crippen LogP contribution in [0.2, 0.25) is 0 Å². The average molecular weight is 516 g/mol. The molecule has 1 saturated heterocycles. The number of carbonyl (C=O) groups excluding carboxylic acids is 4. The molecule has 10 nitrogen and oxygen atoms in total. The van der Waals surface area contributed by atoms with Crippen molar-refractivity contribution in [1.82, 2.24) is 26.2 Å². The van der Waals surface area contributed by atoms with Gasteiger partial charge in [0.1, 0.15) is 17.8 Å². The zero-order chi connectivity index (χ0) is 26.8. The van der Waals surface area contributed by atoms with Crippen LogP contribution in [0.3, 0.4) is 0 Å². The SMILES string of the molecule is CCN1CCC[C@H]1CNC(=O)[C@@H]1CCC(=O)N[C@H](C(C)C)C(=O)NCCCOc2ccccc2C(=O)N1. The van der Waals surface area contributed by atoms with Gasteiger partial charge in [-0.05, 0) is 56.8 Å². The third-order valence-corrected chi connectivity index (χ3v) is 6.97. The molecule has 0 bridgehead atoms. The Kier molecular flexibility index (Phi) is 10.7.